The van der Waals surface area contributed by atoms with Gasteiger partial charge in [-0.1, -0.05) is 44.2 Å². The third-order valence-corrected chi connectivity index (χ3v) is 8.19. The lowest BCUT2D eigenvalue weighted by Gasteiger charge is -2.24. The Morgan fingerprint density at radius 1 is 1.00 bits per heavy atom. The number of thiophene rings is 2. The Morgan fingerprint density at radius 2 is 1.74 bits per heavy atom. The summed E-state index contributed by atoms with van der Waals surface area (Å²) in [5.74, 6) is 0.391. The van der Waals surface area contributed by atoms with E-state index in [0.29, 0.717) is 10.8 Å². The molecule has 2 aliphatic rings. The van der Waals surface area contributed by atoms with Gasteiger partial charge in [-0.3, -0.25) is 0 Å². The molecule has 0 saturated heterocycles. The van der Waals surface area contributed by atoms with Crippen molar-refractivity contribution < 1.29 is 0 Å². The molecule has 5 heteroatoms. The molecule has 0 spiro atoms. The third-order valence-electron chi connectivity index (χ3n) is 6.15. The molecule has 0 bridgehead atoms. The Bertz CT molecular complexity index is 1520. The monoisotopic (exact) mass is 489 g/mol. The molecule has 0 aromatic carbocycles. The molecule has 0 fully saturated rings. The number of hydrogen-bond donors (Lipinski definition) is 0. The summed E-state index contributed by atoms with van der Waals surface area (Å²) in [7, 11) is 0. The van der Waals surface area contributed by atoms with Crippen molar-refractivity contribution in [2.45, 2.75) is 27.7 Å². The van der Waals surface area contributed by atoms with Gasteiger partial charge in [-0.2, -0.15) is 15.8 Å². The normalized spacial score (nSPS) is 18.9. The SMILES string of the molecule is CC1=C2C(=C=C(C(C)C)C=C1)C=CC2(C)/C=C(/c1cccs1)c1ccc(C(C#N)=C(C#N)C#N)s1. The first-order valence-electron chi connectivity index (χ1n) is 11.2. The molecule has 0 radical (unpaired) electrons. The van der Waals surface area contributed by atoms with E-state index in [4.69, 9.17) is 0 Å². The average Bonchev–Trinajstić information content (AvgIpc) is 3.57. The third kappa shape index (κ3) is 4.57. The Kier molecular flexibility index (Phi) is 6.75. The van der Waals surface area contributed by atoms with E-state index in [1.54, 1.807) is 11.3 Å². The lowest BCUT2D eigenvalue weighted by Crippen LogP contribution is -2.12. The van der Waals surface area contributed by atoms with Crippen LogP contribution >= 0.6 is 22.7 Å². The summed E-state index contributed by atoms with van der Waals surface area (Å²) in [6.45, 7) is 8.74. The maximum atomic E-state index is 9.61. The maximum absolute atomic E-state index is 9.61. The molecule has 35 heavy (non-hydrogen) atoms. The molecule has 2 aromatic rings. The molecule has 0 saturated carbocycles. The standard InChI is InChI=1S/C30H23N3S2/c1-19(2)21-8-7-20(3)29-22(14-21)11-12-30(29,4)15-24(26-6-5-13-34-26)27-9-10-28(35-27)25(18-33)23(16-31)17-32/h5-13,15,19H,1-4H3/b24-15-. The van der Waals surface area contributed by atoms with Crippen LogP contribution in [0, 0.1) is 45.3 Å². The van der Waals surface area contributed by atoms with Crippen LogP contribution in [-0.2, 0) is 0 Å². The number of allylic oxidation sites excluding steroid dienone is 10. The summed E-state index contributed by atoms with van der Waals surface area (Å²) in [5.41, 5.74) is 9.08. The molecule has 2 aliphatic carbocycles. The van der Waals surface area contributed by atoms with Crippen molar-refractivity contribution >= 4 is 33.8 Å². The van der Waals surface area contributed by atoms with Gasteiger partial charge in [-0.05, 0) is 66.1 Å². The fourth-order valence-corrected chi connectivity index (χ4v) is 6.25. The van der Waals surface area contributed by atoms with Crippen molar-refractivity contribution in [1.82, 2.24) is 0 Å². The molecule has 1 atom stereocenters. The van der Waals surface area contributed by atoms with Crippen molar-refractivity contribution in [2.24, 2.45) is 11.3 Å². The van der Waals surface area contributed by atoms with Crippen LogP contribution in [0.25, 0.3) is 11.1 Å². The first kappa shape index (κ1) is 24.2. The van der Waals surface area contributed by atoms with Crippen LogP contribution in [0.2, 0.25) is 0 Å². The summed E-state index contributed by atoms with van der Waals surface area (Å²) in [6, 6.07) is 13.6. The fourth-order valence-electron chi connectivity index (χ4n) is 4.39. The highest BCUT2D eigenvalue weighted by atomic mass is 32.1. The zero-order valence-corrected chi connectivity index (χ0v) is 21.6. The number of rotatable bonds is 5. The van der Waals surface area contributed by atoms with Gasteiger partial charge in [0.15, 0.2) is 0 Å². The van der Waals surface area contributed by atoms with Crippen LogP contribution < -0.4 is 0 Å². The summed E-state index contributed by atoms with van der Waals surface area (Å²) < 4.78 is 0. The number of hydrogen-bond acceptors (Lipinski definition) is 5. The van der Waals surface area contributed by atoms with Gasteiger partial charge >= 0.3 is 0 Å². The smallest absolute Gasteiger partial charge is 0.148 e. The largest absolute Gasteiger partial charge is 0.192 e. The van der Waals surface area contributed by atoms with Crippen molar-refractivity contribution in [2.75, 3.05) is 0 Å². The molecule has 2 aromatic heterocycles. The fraction of sp³-hybridized carbons (Fsp3) is 0.200. The Labute approximate surface area is 214 Å². The van der Waals surface area contributed by atoms with Crippen LogP contribution in [0.1, 0.15) is 42.3 Å². The van der Waals surface area contributed by atoms with E-state index in [2.05, 4.69) is 75.3 Å². The predicted molar refractivity (Wildman–Crippen MR) is 144 cm³/mol. The molecule has 4 rings (SSSR count). The molecule has 0 aliphatic heterocycles. The van der Waals surface area contributed by atoms with Crippen molar-refractivity contribution in [3.05, 3.63) is 108 Å². The second kappa shape index (κ2) is 9.76. The average molecular weight is 490 g/mol. The molecule has 1 unspecified atom stereocenters. The molecule has 0 amide bonds. The highest BCUT2D eigenvalue weighted by Gasteiger charge is 2.34. The van der Waals surface area contributed by atoms with E-state index < -0.39 is 0 Å². The van der Waals surface area contributed by atoms with E-state index in [-0.39, 0.29) is 16.6 Å². The van der Waals surface area contributed by atoms with Gasteiger partial charge in [0.1, 0.15) is 23.8 Å². The molecule has 0 N–H and O–H groups in total. The van der Waals surface area contributed by atoms with Gasteiger partial charge in [0.2, 0.25) is 0 Å². The van der Waals surface area contributed by atoms with Crippen molar-refractivity contribution in [3.63, 3.8) is 0 Å². The zero-order chi connectivity index (χ0) is 25.2. The highest BCUT2D eigenvalue weighted by molar-refractivity contribution is 7.15. The molecular formula is C30H23N3S2. The second-order valence-electron chi connectivity index (χ2n) is 8.94. The van der Waals surface area contributed by atoms with E-state index in [9.17, 15) is 15.8 Å². The van der Waals surface area contributed by atoms with Gasteiger partial charge in [0.25, 0.3) is 0 Å². The number of fused-ring (bicyclic) bond motifs is 1. The minimum Gasteiger partial charge on any atom is -0.192 e. The van der Waals surface area contributed by atoms with Crippen LogP contribution in [-0.4, -0.2) is 0 Å². The Hall–Kier alpha value is -3.91. The molecule has 2 heterocycles. The van der Waals surface area contributed by atoms with Gasteiger partial charge in [-0.25, -0.2) is 0 Å². The van der Waals surface area contributed by atoms with Gasteiger partial charge < -0.3 is 0 Å². The minimum atomic E-state index is -0.342. The van der Waals surface area contributed by atoms with Crippen LogP contribution in [0.3, 0.4) is 0 Å². The Balaban J connectivity index is 1.89. The minimum absolute atomic E-state index is 0.118. The van der Waals surface area contributed by atoms with Gasteiger partial charge in [0, 0.05) is 31.2 Å². The van der Waals surface area contributed by atoms with Crippen molar-refractivity contribution in [3.8, 4) is 18.2 Å². The molecule has 170 valence electrons. The van der Waals surface area contributed by atoms with Crippen LogP contribution in [0.4, 0.5) is 0 Å². The summed E-state index contributed by atoms with van der Waals surface area (Å²) in [5, 5.41) is 30.2. The highest BCUT2D eigenvalue weighted by Crippen LogP contribution is 2.48. The number of nitrogens with zero attached hydrogens (tertiary/aromatic N) is 3. The topological polar surface area (TPSA) is 71.4 Å². The molecule has 3 nitrogen and oxygen atoms in total. The Morgan fingerprint density at radius 3 is 2.37 bits per heavy atom. The first-order chi connectivity index (χ1) is 16.8. The van der Waals surface area contributed by atoms with E-state index in [1.165, 1.54) is 28.1 Å². The van der Waals surface area contributed by atoms with E-state index in [0.717, 1.165) is 20.9 Å². The summed E-state index contributed by atoms with van der Waals surface area (Å²) in [4.78, 5) is 2.72. The zero-order valence-electron chi connectivity index (χ0n) is 20.0. The van der Waals surface area contributed by atoms with E-state index in [1.807, 2.05) is 36.4 Å². The molecular weight excluding hydrogens is 466 g/mol. The van der Waals surface area contributed by atoms with Gasteiger partial charge in [0.05, 0.1) is 5.57 Å². The van der Waals surface area contributed by atoms with E-state index >= 15 is 0 Å². The van der Waals surface area contributed by atoms with Gasteiger partial charge in [-0.15, -0.1) is 28.4 Å². The predicted octanol–water partition coefficient (Wildman–Crippen LogP) is 8.14. The quantitative estimate of drug-likeness (QED) is 0.314. The second-order valence-corrected chi connectivity index (χ2v) is 11.0. The lowest BCUT2D eigenvalue weighted by atomic mass is 9.79. The van der Waals surface area contributed by atoms with Crippen LogP contribution in [0.15, 0.2) is 93.6 Å². The van der Waals surface area contributed by atoms with Crippen LogP contribution in [0.5, 0.6) is 0 Å². The lowest BCUT2D eigenvalue weighted by molar-refractivity contribution is 0.690. The van der Waals surface area contributed by atoms with Crippen molar-refractivity contribution in [1.29, 1.82) is 15.8 Å². The first-order valence-corrected chi connectivity index (χ1v) is 12.9. The summed E-state index contributed by atoms with van der Waals surface area (Å²) >= 11 is 3.09. The summed E-state index contributed by atoms with van der Waals surface area (Å²) in [6.07, 6.45) is 11.0. The maximum Gasteiger partial charge on any atom is 0.148 e. The number of nitriles is 3.